The third-order valence-corrected chi connectivity index (χ3v) is 2.45. The molecule has 19 heavy (non-hydrogen) atoms. The summed E-state index contributed by atoms with van der Waals surface area (Å²) in [5.74, 6) is -1.55. The maximum atomic E-state index is 11.9. The number of nitro benzene ring substituents is 1. The normalized spacial score (nSPS) is 9.95. The number of carboxylic acids is 1. The summed E-state index contributed by atoms with van der Waals surface area (Å²) in [7, 11) is 0. The molecule has 0 unspecified atom stereocenters. The molecular weight excluding hydrogens is 252 g/mol. The number of aryl methyl sites for hydroxylation is 1. The molecule has 7 nitrogen and oxygen atoms in total. The van der Waals surface area contributed by atoms with Crippen LogP contribution < -0.4 is 5.32 Å². The van der Waals surface area contributed by atoms with Crippen LogP contribution in [0, 0.1) is 23.1 Å². The molecule has 0 aliphatic rings. The number of carbonyl (C=O) groups excluding carboxylic acids is 1. The van der Waals surface area contributed by atoms with E-state index in [1.54, 1.807) is 13.0 Å². The van der Waals surface area contributed by atoms with Crippen molar-refractivity contribution in [2.24, 2.45) is 0 Å². The summed E-state index contributed by atoms with van der Waals surface area (Å²) in [4.78, 5) is 32.3. The number of rotatable bonds is 6. The molecule has 2 N–H and O–H groups in total. The number of aliphatic carboxylic acids is 1. The van der Waals surface area contributed by atoms with Gasteiger partial charge < -0.3 is 10.4 Å². The number of hydrogen-bond donors (Lipinski definition) is 2. The number of nitrogens with one attached hydrogen (secondary N) is 1. The van der Waals surface area contributed by atoms with Gasteiger partial charge in [-0.2, -0.15) is 0 Å². The Labute approximate surface area is 109 Å². The van der Waals surface area contributed by atoms with Crippen molar-refractivity contribution in [3.63, 3.8) is 0 Å². The summed E-state index contributed by atoms with van der Waals surface area (Å²) < 4.78 is 0. The summed E-state index contributed by atoms with van der Waals surface area (Å²) in [6.07, 6.45) is 0.201. The Morgan fingerprint density at radius 1 is 1.53 bits per heavy atom. The summed E-state index contributed by atoms with van der Waals surface area (Å²) in [6, 6.07) is 5.35. The summed E-state index contributed by atoms with van der Waals surface area (Å²) >= 11 is 0. The van der Waals surface area contributed by atoms with Gasteiger partial charge in [0.15, 0.2) is 0 Å². The SMILES string of the molecule is Cc1cc[c]c([N+](=O)[O-])c1C(=O)NCCCC(=O)O. The van der Waals surface area contributed by atoms with Crippen LogP contribution in [0.3, 0.4) is 0 Å². The van der Waals surface area contributed by atoms with Crippen LogP contribution in [0.4, 0.5) is 5.69 Å². The molecular formula is C12H13N2O5. The summed E-state index contributed by atoms with van der Waals surface area (Å²) in [5.41, 5.74) is 0.0553. The average Bonchev–Trinajstić information content (AvgIpc) is 2.33. The van der Waals surface area contributed by atoms with E-state index in [1.165, 1.54) is 6.07 Å². The quantitative estimate of drug-likeness (QED) is 0.457. The lowest BCUT2D eigenvalue weighted by molar-refractivity contribution is -0.385. The van der Waals surface area contributed by atoms with E-state index < -0.39 is 16.8 Å². The van der Waals surface area contributed by atoms with Gasteiger partial charge in [0.05, 0.1) is 11.0 Å². The van der Waals surface area contributed by atoms with Crippen molar-refractivity contribution in [3.8, 4) is 0 Å². The van der Waals surface area contributed by atoms with Crippen molar-refractivity contribution in [3.05, 3.63) is 39.4 Å². The van der Waals surface area contributed by atoms with Gasteiger partial charge >= 0.3 is 5.97 Å². The van der Waals surface area contributed by atoms with Gasteiger partial charge in [-0.3, -0.25) is 19.7 Å². The molecule has 1 aromatic carbocycles. The topological polar surface area (TPSA) is 110 Å². The summed E-state index contributed by atoms with van der Waals surface area (Å²) in [5, 5.41) is 21.7. The zero-order chi connectivity index (χ0) is 14.4. The van der Waals surface area contributed by atoms with Crippen molar-refractivity contribution in [1.82, 2.24) is 5.32 Å². The van der Waals surface area contributed by atoms with Gasteiger partial charge in [-0.1, -0.05) is 6.07 Å². The first-order valence-corrected chi connectivity index (χ1v) is 5.59. The molecule has 0 heterocycles. The highest BCUT2D eigenvalue weighted by Crippen LogP contribution is 2.20. The molecule has 0 aromatic heterocycles. The molecule has 0 atom stereocenters. The zero-order valence-corrected chi connectivity index (χ0v) is 10.3. The number of amides is 1. The van der Waals surface area contributed by atoms with Gasteiger partial charge in [-0.05, 0) is 25.0 Å². The standard InChI is InChI=1S/C12H13N2O5/c1-8-4-2-5-9(14(18)19)11(8)12(17)13-7-3-6-10(15)16/h2,4H,3,6-7H2,1H3,(H,13,17)(H,15,16). The van der Waals surface area contributed by atoms with E-state index in [0.717, 1.165) is 0 Å². The molecule has 1 rings (SSSR count). The molecule has 7 heteroatoms. The zero-order valence-electron chi connectivity index (χ0n) is 10.3. The molecule has 0 spiro atoms. The monoisotopic (exact) mass is 265 g/mol. The van der Waals surface area contributed by atoms with Crippen LogP contribution in [-0.4, -0.2) is 28.5 Å². The lowest BCUT2D eigenvalue weighted by Gasteiger charge is -2.07. The van der Waals surface area contributed by atoms with Gasteiger partial charge in [0, 0.05) is 13.0 Å². The van der Waals surface area contributed by atoms with Crippen molar-refractivity contribution in [2.75, 3.05) is 6.54 Å². The maximum absolute atomic E-state index is 11.9. The Morgan fingerprint density at radius 2 is 2.21 bits per heavy atom. The molecule has 101 valence electrons. The molecule has 1 aromatic rings. The Bertz CT molecular complexity index is 513. The number of nitro groups is 1. The van der Waals surface area contributed by atoms with E-state index in [2.05, 4.69) is 11.4 Å². The third-order valence-electron chi connectivity index (χ3n) is 2.45. The first kappa shape index (κ1) is 14.6. The minimum Gasteiger partial charge on any atom is -0.481 e. The second-order valence-electron chi connectivity index (χ2n) is 3.89. The predicted octanol–water partition coefficient (Wildman–Crippen LogP) is 1.30. The highest BCUT2D eigenvalue weighted by Gasteiger charge is 2.22. The number of carboxylic acid groups (broad SMARTS) is 1. The van der Waals surface area contributed by atoms with Crippen molar-refractivity contribution >= 4 is 17.6 Å². The second-order valence-corrected chi connectivity index (χ2v) is 3.89. The number of hydrogen-bond acceptors (Lipinski definition) is 4. The fraction of sp³-hybridized carbons (Fsp3) is 0.333. The molecule has 0 saturated heterocycles. The van der Waals surface area contributed by atoms with E-state index in [0.29, 0.717) is 5.56 Å². The minimum atomic E-state index is -0.954. The Hall–Kier alpha value is -2.44. The first-order valence-electron chi connectivity index (χ1n) is 5.59. The van der Waals surface area contributed by atoms with E-state index >= 15 is 0 Å². The molecule has 0 aliphatic carbocycles. The van der Waals surface area contributed by atoms with Gasteiger partial charge in [0.2, 0.25) is 0 Å². The van der Waals surface area contributed by atoms with E-state index in [1.807, 2.05) is 0 Å². The Kier molecular flexibility index (Phi) is 4.99. The van der Waals surface area contributed by atoms with Gasteiger partial charge in [0.25, 0.3) is 11.6 Å². The third kappa shape index (κ3) is 4.06. The number of benzene rings is 1. The highest BCUT2D eigenvalue weighted by atomic mass is 16.6. The molecule has 0 saturated carbocycles. The number of nitrogens with zero attached hydrogens (tertiary/aromatic N) is 1. The Balaban J connectivity index is 2.76. The lowest BCUT2D eigenvalue weighted by Crippen LogP contribution is -2.26. The van der Waals surface area contributed by atoms with Crippen LogP contribution >= 0.6 is 0 Å². The largest absolute Gasteiger partial charge is 0.481 e. The minimum absolute atomic E-state index is 0.0391. The van der Waals surface area contributed by atoms with Crippen molar-refractivity contribution in [1.29, 1.82) is 0 Å². The molecule has 1 radical (unpaired) electrons. The highest BCUT2D eigenvalue weighted by molar-refractivity contribution is 5.99. The van der Waals surface area contributed by atoms with Crippen LogP contribution in [0.1, 0.15) is 28.8 Å². The van der Waals surface area contributed by atoms with Gasteiger partial charge in [-0.15, -0.1) is 0 Å². The van der Waals surface area contributed by atoms with E-state index in [9.17, 15) is 19.7 Å². The maximum Gasteiger partial charge on any atom is 0.303 e. The van der Waals surface area contributed by atoms with Crippen molar-refractivity contribution in [2.45, 2.75) is 19.8 Å². The van der Waals surface area contributed by atoms with Gasteiger partial charge in [0.1, 0.15) is 5.56 Å². The number of carbonyl (C=O) groups is 2. The van der Waals surface area contributed by atoms with E-state index in [-0.39, 0.29) is 30.6 Å². The molecule has 0 bridgehead atoms. The Morgan fingerprint density at radius 3 is 2.79 bits per heavy atom. The fourth-order valence-electron chi connectivity index (χ4n) is 1.55. The van der Waals surface area contributed by atoms with E-state index in [4.69, 9.17) is 5.11 Å². The van der Waals surface area contributed by atoms with Crippen LogP contribution in [0.25, 0.3) is 0 Å². The smallest absolute Gasteiger partial charge is 0.303 e. The first-order chi connectivity index (χ1) is 8.93. The second kappa shape index (κ2) is 6.48. The molecule has 0 aliphatic heterocycles. The lowest BCUT2D eigenvalue weighted by atomic mass is 10.1. The van der Waals surface area contributed by atoms with Crippen LogP contribution in [0.5, 0.6) is 0 Å². The van der Waals surface area contributed by atoms with Crippen LogP contribution in [-0.2, 0) is 4.79 Å². The average molecular weight is 265 g/mol. The fourth-order valence-corrected chi connectivity index (χ4v) is 1.55. The van der Waals surface area contributed by atoms with Gasteiger partial charge in [-0.25, -0.2) is 0 Å². The van der Waals surface area contributed by atoms with Crippen molar-refractivity contribution < 1.29 is 19.6 Å². The predicted molar refractivity (Wildman–Crippen MR) is 65.9 cm³/mol. The molecule has 0 fully saturated rings. The van der Waals surface area contributed by atoms with Crippen LogP contribution in [0.15, 0.2) is 12.1 Å². The molecule has 1 amide bonds. The summed E-state index contributed by atoms with van der Waals surface area (Å²) in [6.45, 7) is 1.74. The van der Waals surface area contributed by atoms with Crippen LogP contribution in [0.2, 0.25) is 0 Å².